The highest BCUT2D eigenvalue weighted by Crippen LogP contribution is 2.28. The minimum Gasteiger partial charge on any atom is -0.490 e. The molecule has 3 rings (SSSR count). The fourth-order valence-corrected chi connectivity index (χ4v) is 3.83. The van der Waals surface area contributed by atoms with Gasteiger partial charge in [-0.2, -0.15) is 5.10 Å². The summed E-state index contributed by atoms with van der Waals surface area (Å²) in [7, 11) is 3.63. The van der Waals surface area contributed by atoms with E-state index in [0.717, 1.165) is 35.4 Å². The van der Waals surface area contributed by atoms with Gasteiger partial charge in [-0.3, -0.25) is 4.68 Å². The summed E-state index contributed by atoms with van der Waals surface area (Å²) in [5.41, 5.74) is 2.88. The Morgan fingerprint density at radius 2 is 1.90 bits per heavy atom. The first-order valence-corrected chi connectivity index (χ1v) is 10.6. The van der Waals surface area contributed by atoms with Crippen molar-refractivity contribution >= 4 is 6.09 Å². The third-order valence-corrected chi connectivity index (χ3v) is 5.36. The van der Waals surface area contributed by atoms with Gasteiger partial charge in [0.2, 0.25) is 0 Å². The highest BCUT2D eigenvalue weighted by Gasteiger charge is 2.17. The molecule has 1 aromatic carbocycles. The summed E-state index contributed by atoms with van der Waals surface area (Å²) in [6.45, 7) is 5.00. The quantitative estimate of drug-likeness (QED) is 0.656. The molecule has 0 N–H and O–H groups in total. The van der Waals surface area contributed by atoms with Crippen molar-refractivity contribution in [1.82, 2.24) is 14.7 Å². The maximum absolute atomic E-state index is 12.2. The summed E-state index contributed by atoms with van der Waals surface area (Å²) in [6, 6.07) is 8.13. The number of ether oxygens (including phenoxy) is 2. The van der Waals surface area contributed by atoms with Crippen LogP contribution in [0.15, 0.2) is 30.5 Å². The third kappa shape index (κ3) is 5.75. The molecular weight excluding hydrogens is 366 g/mol. The van der Waals surface area contributed by atoms with Gasteiger partial charge in [0.1, 0.15) is 12.4 Å². The molecule has 0 bridgehead atoms. The Kier molecular flexibility index (Phi) is 7.18. The molecule has 0 saturated heterocycles. The summed E-state index contributed by atoms with van der Waals surface area (Å²) in [5, 5.41) is 4.36. The Morgan fingerprint density at radius 3 is 2.55 bits per heavy atom. The topological polar surface area (TPSA) is 56.6 Å². The van der Waals surface area contributed by atoms with Crippen molar-refractivity contribution in [3.63, 3.8) is 0 Å². The number of aromatic nitrogens is 2. The van der Waals surface area contributed by atoms with Gasteiger partial charge < -0.3 is 14.4 Å². The fourth-order valence-electron chi connectivity index (χ4n) is 3.83. The van der Waals surface area contributed by atoms with Gasteiger partial charge in [-0.1, -0.05) is 32.4 Å². The van der Waals surface area contributed by atoms with Gasteiger partial charge in [-0.25, -0.2) is 4.79 Å². The number of hydrogen-bond acceptors (Lipinski definition) is 4. The average Bonchev–Trinajstić information content (AvgIpc) is 3.07. The van der Waals surface area contributed by atoms with Crippen LogP contribution >= 0.6 is 0 Å². The smallest absolute Gasteiger partial charge is 0.409 e. The van der Waals surface area contributed by atoms with E-state index < -0.39 is 0 Å². The minimum absolute atomic E-state index is 0.188. The van der Waals surface area contributed by atoms with E-state index in [1.807, 2.05) is 37.5 Å². The lowest BCUT2D eigenvalue weighted by molar-refractivity contribution is 0.0990. The van der Waals surface area contributed by atoms with E-state index in [-0.39, 0.29) is 12.7 Å². The zero-order valence-corrected chi connectivity index (χ0v) is 18.1. The summed E-state index contributed by atoms with van der Waals surface area (Å²) in [4.78, 5) is 13.8. The summed E-state index contributed by atoms with van der Waals surface area (Å²) in [6.07, 6.45) is 7.96. The predicted octanol–water partition coefficient (Wildman–Crippen LogP) is 5.02. The van der Waals surface area contributed by atoms with Gasteiger partial charge in [0.25, 0.3) is 0 Å². The summed E-state index contributed by atoms with van der Waals surface area (Å²) >= 11 is 0. The zero-order chi connectivity index (χ0) is 20.8. The Labute approximate surface area is 173 Å². The lowest BCUT2D eigenvalue weighted by atomic mass is 9.98. The first kappa shape index (κ1) is 21.2. The lowest BCUT2D eigenvalue weighted by Crippen LogP contribution is -2.30. The second-order valence-corrected chi connectivity index (χ2v) is 8.36. The van der Waals surface area contributed by atoms with Crippen LogP contribution in [0.5, 0.6) is 5.75 Å². The molecule has 158 valence electrons. The maximum atomic E-state index is 12.2. The van der Waals surface area contributed by atoms with Crippen LogP contribution in [0.25, 0.3) is 11.1 Å². The molecule has 1 aliphatic carbocycles. The molecule has 6 heteroatoms. The van der Waals surface area contributed by atoms with E-state index in [9.17, 15) is 4.79 Å². The van der Waals surface area contributed by atoms with Crippen molar-refractivity contribution in [2.75, 3.05) is 13.6 Å². The number of hydrogen-bond donors (Lipinski definition) is 0. The highest BCUT2D eigenvalue weighted by molar-refractivity contribution is 5.69. The Morgan fingerprint density at radius 1 is 1.21 bits per heavy atom. The lowest BCUT2D eigenvalue weighted by Gasteiger charge is -2.23. The zero-order valence-electron chi connectivity index (χ0n) is 18.1. The molecule has 1 saturated carbocycles. The van der Waals surface area contributed by atoms with Gasteiger partial charge in [-0.05, 0) is 49.3 Å². The molecule has 1 aliphatic rings. The van der Waals surface area contributed by atoms with E-state index in [4.69, 9.17) is 9.47 Å². The molecule has 1 amide bonds. The van der Waals surface area contributed by atoms with Crippen LogP contribution in [-0.2, 0) is 18.4 Å². The van der Waals surface area contributed by atoms with Crippen LogP contribution in [-0.4, -0.2) is 40.5 Å². The third-order valence-electron chi connectivity index (χ3n) is 5.36. The van der Waals surface area contributed by atoms with E-state index in [2.05, 4.69) is 18.9 Å². The Bertz CT molecular complexity index is 792. The average molecular weight is 400 g/mol. The first-order chi connectivity index (χ1) is 13.9. The monoisotopic (exact) mass is 399 g/mol. The normalized spacial score (nSPS) is 14.8. The van der Waals surface area contributed by atoms with E-state index in [0.29, 0.717) is 18.6 Å². The largest absolute Gasteiger partial charge is 0.490 e. The van der Waals surface area contributed by atoms with Gasteiger partial charge >= 0.3 is 6.09 Å². The second-order valence-electron chi connectivity index (χ2n) is 8.36. The van der Waals surface area contributed by atoms with Crippen molar-refractivity contribution in [3.8, 4) is 16.9 Å². The molecule has 1 fully saturated rings. The van der Waals surface area contributed by atoms with Crippen LogP contribution in [0.3, 0.4) is 0 Å². The number of carbonyl (C=O) groups is 1. The first-order valence-electron chi connectivity index (χ1n) is 10.6. The standard InChI is InChI=1S/C23H33N3O3/c1-17(2)15-25(3)23(27)28-16-22-21(14-24-26(22)4)18-10-12-20(13-11-18)29-19-8-6-5-7-9-19/h10-14,17,19H,5-9,15-16H2,1-4H3. The molecule has 29 heavy (non-hydrogen) atoms. The molecule has 0 radical (unpaired) electrons. The van der Waals surface area contributed by atoms with Crippen LogP contribution in [0.4, 0.5) is 4.79 Å². The molecule has 0 spiro atoms. The Hall–Kier alpha value is -2.50. The van der Waals surface area contributed by atoms with Crippen molar-refractivity contribution in [1.29, 1.82) is 0 Å². The van der Waals surface area contributed by atoms with Crippen molar-refractivity contribution < 1.29 is 14.3 Å². The molecule has 1 aromatic heterocycles. The Balaban J connectivity index is 1.64. The molecular formula is C23H33N3O3. The van der Waals surface area contributed by atoms with Gasteiger partial charge in [0, 0.05) is 26.2 Å². The van der Waals surface area contributed by atoms with E-state index in [1.165, 1.54) is 19.3 Å². The molecule has 2 aromatic rings. The summed E-state index contributed by atoms with van der Waals surface area (Å²) < 4.78 is 13.4. The summed E-state index contributed by atoms with van der Waals surface area (Å²) in [5.74, 6) is 1.31. The predicted molar refractivity (Wildman–Crippen MR) is 114 cm³/mol. The van der Waals surface area contributed by atoms with Crippen molar-refractivity contribution in [2.24, 2.45) is 13.0 Å². The molecule has 0 aliphatic heterocycles. The van der Waals surface area contributed by atoms with Gasteiger partial charge in [0.05, 0.1) is 18.0 Å². The van der Waals surface area contributed by atoms with Crippen LogP contribution in [0.1, 0.15) is 51.6 Å². The number of carbonyl (C=O) groups excluding carboxylic acids is 1. The van der Waals surface area contributed by atoms with Crippen LogP contribution in [0.2, 0.25) is 0 Å². The molecule has 0 atom stereocenters. The van der Waals surface area contributed by atoms with Gasteiger partial charge in [0.15, 0.2) is 0 Å². The van der Waals surface area contributed by atoms with Crippen LogP contribution < -0.4 is 4.74 Å². The van der Waals surface area contributed by atoms with Crippen molar-refractivity contribution in [2.45, 2.75) is 58.7 Å². The molecule has 0 unspecified atom stereocenters. The van der Waals surface area contributed by atoms with E-state index >= 15 is 0 Å². The van der Waals surface area contributed by atoms with Crippen molar-refractivity contribution in [3.05, 3.63) is 36.2 Å². The van der Waals surface area contributed by atoms with E-state index in [1.54, 1.807) is 16.6 Å². The molecule has 6 nitrogen and oxygen atoms in total. The van der Waals surface area contributed by atoms with Gasteiger partial charge in [-0.15, -0.1) is 0 Å². The maximum Gasteiger partial charge on any atom is 0.409 e. The molecule has 1 heterocycles. The second kappa shape index (κ2) is 9.81. The fraction of sp³-hybridized carbons (Fsp3) is 0.565. The van der Waals surface area contributed by atoms with Crippen LogP contribution in [0, 0.1) is 5.92 Å². The number of benzene rings is 1. The SMILES string of the molecule is CC(C)CN(C)C(=O)OCc1c(-c2ccc(OC3CCCCC3)cc2)cnn1C. The number of nitrogens with zero attached hydrogens (tertiary/aromatic N) is 3. The number of aryl methyl sites for hydroxylation is 1. The highest BCUT2D eigenvalue weighted by atomic mass is 16.6. The minimum atomic E-state index is -0.318. The number of rotatable bonds is 7. The number of amides is 1.